The van der Waals surface area contributed by atoms with E-state index in [-0.39, 0.29) is 30.7 Å². The fourth-order valence-electron chi connectivity index (χ4n) is 3.16. The lowest BCUT2D eigenvalue weighted by molar-refractivity contribution is -0.129. The summed E-state index contributed by atoms with van der Waals surface area (Å²) in [4.78, 5) is 34.6. The van der Waals surface area contributed by atoms with Crippen LogP contribution in [0.25, 0.3) is 11.4 Å². The Kier molecular flexibility index (Phi) is 5.09. The molecule has 4 rings (SSSR count). The van der Waals surface area contributed by atoms with Crippen molar-refractivity contribution in [3.63, 3.8) is 0 Å². The summed E-state index contributed by atoms with van der Waals surface area (Å²) in [6.07, 6.45) is 3.50. The van der Waals surface area contributed by atoms with Gasteiger partial charge in [-0.1, -0.05) is 35.5 Å². The van der Waals surface area contributed by atoms with Crippen molar-refractivity contribution in [2.24, 2.45) is 5.92 Å². The molecule has 1 aliphatic rings. The normalized spacial score (nSPS) is 16.4. The number of nitrogens with zero attached hydrogens (tertiary/aromatic N) is 4. The molecule has 28 heavy (non-hydrogen) atoms. The molecule has 3 heterocycles. The van der Waals surface area contributed by atoms with E-state index in [0.29, 0.717) is 24.8 Å². The molecule has 8 heteroatoms. The van der Waals surface area contributed by atoms with E-state index in [1.807, 2.05) is 30.3 Å². The number of rotatable bonds is 6. The number of likely N-dealkylation sites (tertiary alicyclic amines) is 1. The molecule has 1 fully saturated rings. The van der Waals surface area contributed by atoms with Gasteiger partial charge >= 0.3 is 0 Å². The van der Waals surface area contributed by atoms with Gasteiger partial charge in [0.25, 0.3) is 0 Å². The summed E-state index contributed by atoms with van der Waals surface area (Å²) in [5.74, 6) is 0.176. The van der Waals surface area contributed by atoms with E-state index in [1.165, 1.54) is 0 Å². The van der Waals surface area contributed by atoms with E-state index in [0.717, 1.165) is 11.1 Å². The van der Waals surface area contributed by atoms with Crippen LogP contribution >= 0.6 is 0 Å². The molecule has 1 aromatic carbocycles. The SMILES string of the molecule is O=C(NCc1nc(-c2ccncc2)no1)C1CC(=O)N(Cc2ccccc2)C1. The van der Waals surface area contributed by atoms with E-state index in [2.05, 4.69) is 20.4 Å². The average molecular weight is 377 g/mol. The van der Waals surface area contributed by atoms with Gasteiger partial charge in [-0.25, -0.2) is 0 Å². The Morgan fingerprint density at radius 2 is 1.96 bits per heavy atom. The summed E-state index contributed by atoms with van der Waals surface area (Å²) in [5.41, 5.74) is 1.83. The molecule has 1 saturated heterocycles. The third-order valence-electron chi connectivity index (χ3n) is 4.62. The zero-order valence-electron chi connectivity index (χ0n) is 15.1. The molecule has 2 aromatic heterocycles. The van der Waals surface area contributed by atoms with Crippen LogP contribution in [-0.2, 0) is 22.7 Å². The molecule has 8 nitrogen and oxygen atoms in total. The van der Waals surface area contributed by atoms with Crippen molar-refractivity contribution in [2.75, 3.05) is 6.54 Å². The van der Waals surface area contributed by atoms with Gasteiger partial charge in [0, 0.05) is 37.5 Å². The van der Waals surface area contributed by atoms with Gasteiger partial charge in [0.1, 0.15) is 0 Å². The third kappa shape index (κ3) is 4.06. The van der Waals surface area contributed by atoms with Crippen LogP contribution in [0.15, 0.2) is 59.4 Å². The van der Waals surface area contributed by atoms with Crippen LogP contribution in [0.2, 0.25) is 0 Å². The second-order valence-electron chi connectivity index (χ2n) is 6.63. The summed E-state index contributed by atoms with van der Waals surface area (Å²) in [7, 11) is 0. The first-order valence-corrected chi connectivity index (χ1v) is 9.01. The molecule has 142 valence electrons. The van der Waals surface area contributed by atoms with Gasteiger partial charge in [0.05, 0.1) is 12.5 Å². The fraction of sp³-hybridized carbons (Fsp3) is 0.250. The van der Waals surface area contributed by atoms with E-state index in [9.17, 15) is 9.59 Å². The molecular weight excluding hydrogens is 358 g/mol. The smallest absolute Gasteiger partial charge is 0.246 e. The first-order valence-electron chi connectivity index (χ1n) is 9.01. The second-order valence-corrected chi connectivity index (χ2v) is 6.63. The topological polar surface area (TPSA) is 101 Å². The predicted octanol–water partition coefficient (Wildman–Crippen LogP) is 1.80. The molecule has 3 aromatic rings. The van der Waals surface area contributed by atoms with Crippen LogP contribution in [0.4, 0.5) is 0 Å². The van der Waals surface area contributed by atoms with E-state index >= 15 is 0 Å². The Morgan fingerprint density at radius 3 is 2.75 bits per heavy atom. The Bertz CT molecular complexity index is 958. The van der Waals surface area contributed by atoms with Crippen molar-refractivity contribution < 1.29 is 14.1 Å². The molecule has 0 bridgehead atoms. The maximum Gasteiger partial charge on any atom is 0.246 e. The van der Waals surface area contributed by atoms with Crippen molar-refractivity contribution in [1.29, 1.82) is 0 Å². The summed E-state index contributed by atoms with van der Waals surface area (Å²) >= 11 is 0. The number of pyridine rings is 1. The van der Waals surface area contributed by atoms with Gasteiger partial charge in [-0.3, -0.25) is 14.6 Å². The minimum Gasteiger partial charge on any atom is -0.347 e. The van der Waals surface area contributed by atoms with Gasteiger partial charge in [-0.2, -0.15) is 4.98 Å². The van der Waals surface area contributed by atoms with Gasteiger partial charge in [0.15, 0.2) is 0 Å². The minimum atomic E-state index is -0.376. The molecule has 1 unspecified atom stereocenters. The molecule has 0 saturated carbocycles. The number of carbonyl (C=O) groups excluding carboxylic acids is 2. The summed E-state index contributed by atoms with van der Waals surface area (Å²) < 4.78 is 5.18. The third-order valence-corrected chi connectivity index (χ3v) is 4.62. The van der Waals surface area contributed by atoms with Gasteiger partial charge in [-0.15, -0.1) is 0 Å². The van der Waals surface area contributed by atoms with Crippen molar-refractivity contribution in [1.82, 2.24) is 25.3 Å². The Morgan fingerprint density at radius 1 is 1.18 bits per heavy atom. The molecule has 2 amide bonds. The summed E-state index contributed by atoms with van der Waals surface area (Å²) in [6.45, 7) is 1.05. The number of benzene rings is 1. The van der Waals surface area contributed by atoms with E-state index < -0.39 is 0 Å². The zero-order valence-corrected chi connectivity index (χ0v) is 15.1. The summed E-state index contributed by atoms with van der Waals surface area (Å²) in [6, 6.07) is 13.3. The van der Waals surface area contributed by atoms with Crippen LogP contribution in [0.1, 0.15) is 17.9 Å². The van der Waals surface area contributed by atoms with Crippen LogP contribution in [0.3, 0.4) is 0 Å². The van der Waals surface area contributed by atoms with Gasteiger partial charge in [-0.05, 0) is 17.7 Å². The highest BCUT2D eigenvalue weighted by atomic mass is 16.5. The van der Waals surface area contributed by atoms with Crippen LogP contribution in [0.5, 0.6) is 0 Å². The Hall–Kier alpha value is -3.55. The molecular formula is C20H19N5O3. The quantitative estimate of drug-likeness (QED) is 0.703. The fourth-order valence-corrected chi connectivity index (χ4v) is 3.16. The highest BCUT2D eigenvalue weighted by Crippen LogP contribution is 2.20. The maximum atomic E-state index is 12.5. The first-order chi connectivity index (χ1) is 13.7. The lowest BCUT2D eigenvalue weighted by Crippen LogP contribution is -2.32. The number of nitrogens with one attached hydrogen (secondary N) is 1. The molecule has 0 spiro atoms. The van der Waals surface area contributed by atoms with E-state index in [1.54, 1.807) is 29.4 Å². The highest BCUT2D eigenvalue weighted by Gasteiger charge is 2.34. The number of carbonyl (C=O) groups is 2. The minimum absolute atomic E-state index is 0.0123. The van der Waals surface area contributed by atoms with E-state index in [4.69, 9.17) is 4.52 Å². The molecule has 1 atom stereocenters. The first kappa shape index (κ1) is 17.8. The van der Waals surface area contributed by atoms with Gasteiger partial charge < -0.3 is 14.7 Å². The van der Waals surface area contributed by atoms with Crippen LogP contribution < -0.4 is 5.32 Å². The van der Waals surface area contributed by atoms with Crippen molar-refractivity contribution in [2.45, 2.75) is 19.5 Å². The van der Waals surface area contributed by atoms with Crippen LogP contribution in [0, 0.1) is 5.92 Å². The summed E-state index contributed by atoms with van der Waals surface area (Å²) in [5, 5.41) is 6.69. The molecule has 0 aliphatic carbocycles. The Balaban J connectivity index is 1.31. The number of aromatic nitrogens is 3. The molecule has 0 radical (unpaired) electrons. The van der Waals surface area contributed by atoms with Gasteiger partial charge in [0.2, 0.25) is 23.5 Å². The van der Waals surface area contributed by atoms with Crippen molar-refractivity contribution in [3.05, 3.63) is 66.3 Å². The number of hydrogen-bond donors (Lipinski definition) is 1. The second kappa shape index (κ2) is 7.99. The van der Waals surface area contributed by atoms with Crippen molar-refractivity contribution >= 4 is 11.8 Å². The lowest BCUT2D eigenvalue weighted by atomic mass is 10.1. The standard InChI is InChI=1S/C20H19N5O3/c26-18-10-16(13-25(18)12-14-4-2-1-3-5-14)20(27)22-11-17-23-19(24-28-17)15-6-8-21-9-7-15/h1-9,16H,10-13H2,(H,22,27). The lowest BCUT2D eigenvalue weighted by Gasteiger charge is -2.16. The predicted molar refractivity (Wildman–Crippen MR) is 99.3 cm³/mol. The molecule has 1 aliphatic heterocycles. The highest BCUT2D eigenvalue weighted by molar-refractivity contribution is 5.89. The number of amides is 2. The molecule has 1 N–H and O–H groups in total. The Labute approximate surface area is 161 Å². The largest absolute Gasteiger partial charge is 0.347 e. The zero-order chi connectivity index (χ0) is 19.3. The van der Waals surface area contributed by atoms with Crippen molar-refractivity contribution in [3.8, 4) is 11.4 Å². The van der Waals surface area contributed by atoms with Crippen LogP contribution in [-0.4, -0.2) is 38.4 Å². The average Bonchev–Trinajstić information content (AvgIpc) is 3.35. The number of hydrogen-bond acceptors (Lipinski definition) is 6. The monoisotopic (exact) mass is 377 g/mol. The maximum absolute atomic E-state index is 12.5.